The van der Waals surface area contributed by atoms with Gasteiger partial charge < -0.3 is 4.74 Å². The molecule has 0 radical (unpaired) electrons. The number of allylic oxidation sites excluding steroid dienone is 4. The van der Waals surface area contributed by atoms with Crippen LogP contribution in [0.4, 0.5) is 0 Å². The molecule has 0 heterocycles. The van der Waals surface area contributed by atoms with Gasteiger partial charge in [0.1, 0.15) is 0 Å². The van der Waals surface area contributed by atoms with Gasteiger partial charge in [-0.15, -0.1) is 0 Å². The second-order valence-electron chi connectivity index (χ2n) is 8.10. The van der Waals surface area contributed by atoms with Crippen LogP contribution in [0.5, 0.6) is 0 Å². The molecule has 29 heavy (non-hydrogen) atoms. The van der Waals surface area contributed by atoms with Gasteiger partial charge in [0.25, 0.3) is 0 Å². The van der Waals surface area contributed by atoms with E-state index >= 15 is 0 Å². The largest absolute Gasteiger partial charge is 0.469 e. The van der Waals surface area contributed by atoms with Crippen LogP contribution in [0.2, 0.25) is 0 Å². The summed E-state index contributed by atoms with van der Waals surface area (Å²) in [5.74, 6) is 0.344. The molecule has 0 aliphatic heterocycles. The average Bonchev–Trinajstić information content (AvgIpc) is 3.07. The minimum atomic E-state index is -0.141. The molecule has 1 atom stereocenters. The first kappa shape index (κ1) is 23.1. The van der Waals surface area contributed by atoms with Crippen LogP contribution in [0.25, 0.3) is 0 Å². The molecule has 1 aromatic carbocycles. The number of methoxy groups -OCH3 is 1. The molecule has 0 aromatic heterocycles. The Morgan fingerprint density at radius 3 is 2.48 bits per heavy atom. The molecule has 0 N–H and O–H groups in total. The highest BCUT2D eigenvalue weighted by Crippen LogP contribution is 2.28. The van der Waals surface area contributed by atoms with Crippen LogP contribution < -0.4 is 0 Å². The van der Waals surface area contributed by atoms with E-state index < -0.39 is 0 Å². The highest BCUT2D eigenvalue weighted by atomic mass is 16.5. The number of unbranched alkanes of at least 4 members (excludes halogenated alkanes) is 6. The highest BCUT2D eigenvalue weighted by Gasteiger charge is 2.21. The van der Waals surface area contributed by atoms with E-state index in [4.69, 9.17) is 0 Å². The van der Waals surface area contributed by atoms with Gasteiger partial charge in [0.2, 0.25) is 0 Å². The van der Waals surface area contributed by atoms with Crippen LogP contribution in [0.1, 0.15) is 75.3 Å². The van der Waals surface area contributed by atoms with Crippen LogP contribution in [-0.4, -0.2) is 18.9 Å². The Labute approximate surface area is 176 Å². The zero-order valence-corrected chi connectivity index (χ0v) is 18.1. The number of ketones is 1. The second-order valence-corrected chi connectivity index (χ2v) is 8.10. The van der Waals surface area contributed by atoms with E-state index in [1.54, 1.807) is 6.08 Å². The molecule has 1 aromatic rings. The zero-order chi connectivity index (χ0) is 20.9. The molecule has 158 valence electrons. The predicted molar refractivity (Wildman–Crippen MR) is 119 cm³/mol. The fourth-order valence-corrected chi connectivity index (χ4v) is 3.84. The molecule has 2 rings (SSSR count). The number of esters is 1. The van der Waals surface area contributed by atoms with E-state index in [0.717, 1.165) is 44.1 Å². The van der Waals surface area contributed by atoms with Crippen LogP contribution in [0.3, 0.4) is 0 Å². The van der Waals surface area contributed by atoms with Crippen molar-refractivity contribution >= 4 is 11.8 Å². The first-order valence-electron chi connectivity index (χ1n) is 11.1. The predicted octanol–water partition coefficient (Wildman–Crippen LogP) is 6.29. The van der Waals surface area contributed by atoms with Crippen molar-refractivity contribution in [2.75, 3.05) is 7.11 Å². The number of benzene rings is 1. The van der Waals surface area contributed by atoms with Crippen LogP contribution in [-0.2, 0) is 20.7 Å². The van der Waals surface area contributed by atoms with Gasteiger partial charge in [-0.05, 0) is 57.1 Å². The zero-order valence-electron chi connectivity index (χ0n) is 18.1. The van der Waals surface area contributed by atoms with E-state index in [-0.39, 0.29) is 11.8 Å². The van der Waals surface area contributed by atoms with Crippen molar-refractivity contribution in [3.8, 4) is 0 Å². The van der Waals surface area contributed by atoms with Crippen molar-refractivity contribution in [1.29, 1.82) is 0 Å². The number of carbonyl (C=O) groups is 2. The molecule has 1 aliphatic carbocycles. The molecule has 3 nitrogen and oxygen atoms in total. The molecular weight excluding hydrogens is 360 g/mol. The van der Waals surface area contributed by atoms with Gasteiger partial charge in [0.05, 0.1) is 7.11 Å². The van der Waals surface area contributed by atoms with Crippen molar-refractivity contribution in [3.05, 3.63) is 59.2 Å². The summed E-state index contributed by atoms with van der Waals surface area (Å²) < 4.78 is 4.65. The highest BCUT2D eigenvalue weighted by molar-refractivity contribution is 6.07. The average molecular weight is 397 g/mol. The van der Waals surface area contributed by atoms with Gasteiger partial charge in [0.15, 0.2) is 5.78 Å². The lowest BCUT2D eigenvalue weighted by Gasteiger charge is -2.10. The summed E-state index contributed by atoms with van der Waals surface area (Å²) in [5.41, 5.74) is 3.73. The summed E-state index contributed by atoms with van der Waals surface area (Å²) >= 11 is 0. The van der Waals surface area contributed by atoms with E-state index in [2.05, 4.69) is 48.1 Å². The Hall–Kier alpha value is -2.16. The summed E-state index contributed by atoms with van der Waals surface area (Å²) in [6, 6.07) is 8.84. The van der Waals surface area contributed by atoms with Crippen molar-refractivity contribution in [2.45, 2.75) is 77.6 Å². The molecule has 0 amide bonds. The summed E-state index contributed by atoms with van der Waals surface area (Å²) in [4.78, 5) is 23.2. The number of aryl methyl sites for hydroxylation is 2. The molecule has 0 saturated carbocycles. The molecule has 3 heteroatoms. The fraction of sp³-hybridized carbons (Fsp3) is 0.538. The third kappa shape index (κ3) is 8.81. The van der Waals surface area contributed by atoms with Crippen LogP contribution in [0, 0.1) is 12.8 Å². The van der Waals surface area contributed by atoms with E-state index in [0.29, 0.717) is 12.3 Å². The van der Waals surface area contributed by atoms with Crippen molar-refractivity contribution in [2.24, 2.45) is 5.92 Å². The van der Waals surface area contributed by atoms with Crippen molar-refractivity contribution < 1.29 is 14.3 Å². The monoisotopic (exact) mass is 396 g/mol. The third-order valence-electron chi connectivity index (χ3n) is 5.69. The fourth-order valence-electron chi connectivity index (χ4n) is 3.84. The Balaban J connectivity index is 1.59. The second kappa shape index (κ2) is 13.1. The maximum Gasteiger partial charge on any atom is 0.305 e. The lowest BCUT2D eigenvalue weighted by Crippen LogP contribution is -2.03. The van der Waals surface area contributed by atoms with Crippen LogP contribution in [0.15, 0.2) is 48.1 Å². The standard InChI is InChI=1S/C26H36O3/c1-21-15-17-22(18-16-21)11-7-3-4-8-12-23-19-20-25(27)24(23)13-9-5-6-10-14-26(28)29-2/h13,15-20,23H,3-12,14H2,1-2H3/b24-13+/t23-/m1/s1. The van der Waals surface area contributed by atoms with E-state index in [1.165, 1.54) is 43.9 Å². The SMILES string of the molecule is COC(=O)CCCCC/C=C1/C(=O)C=C[C@H]1CCCCCCc1ccc(C)cc1. The number of carbonyl (C=O) groups excluding carboxylic acids is 2. The molecule has 0 bridgehead atoms. The van der Waals surface area contributed by atoms with Crippen molar-refractivity contribution in [3.63, 3.8) is 0 Å². The minimum absolute atomic E-state index is 0.141. The Bertz CT molecular complexity index is 697. The van der Waals surface area contributed by atoms with Gasteiger partial charge in [-0.25, -0.2) is 0 Å². The number of ether oxygens (including phenoxy) is 1. The lowest BCUT2D eigenvalue weighted by molar-refractivity contribution is -0.140. The summed E-state index contributed by atoms with van der Waals surface area (Å²) in [6.07, 6.45) is 17.3. The first-order chi connectivity index (χ1) is 14.1. The molecular formula is C26H36O3. The lowest BCUT2D eigenvalue weighted by atomic mass is 9.93. The third-order valence-corrected chi connectivity index (χ3v) is 5.69. The van der Waals surface area contributed by atoms with Gasteiger partial charge in [0, 0.05) is 17.9 Å². The first-order valence-corrected chi connectivity index (χ1v) is 11.1. The van der Waals surface area contributed by atoms with Crippen LogP contribution >= 0.6 is 0 Å². The van der Waals surface area contributed by atoms with Crippen molar-refractivity contribution in [1.82, 2.24) is 0 Å². The number of hydrogen-bond donors (Lipinski definition) is 0. The Morgan fingerprint density at radius 2 is 1.72 bits per heavy atom. The smallest absolute Gasteiger partial charge is 0.305 e. The number of rotatable bonds is 13. The minimum Gasteiger partial charge on any atom is -0.469 e. The quantitative estimate of drug-likeness (QED) is 0.223. The molecule has 0 fully saturated rings. The summed E-state index contributed by atoms with van der Waals surface area (Å²) in [7, 11) is 1.43. The Kier molecular flexibility index (Phi) is 10.5. The summed E-state index contributed by atoms with van der Waals surface area (Å²) in [5, 5.41) is 0. The normalized spacial score (nSPS) is 17.2. The molecule has 0 spiro atoms. The maximum absolute atomic E-state index is 12.1. The number of hydrogen-bond acceptors (Lipinski definition) is 3. The maximum atomic E-state index is 12.1. The van der Waals surface area contributed by atoms with Gasteiger partial charge >= 0.3 is 5.97 Å². The summed E-state index contributed by atoms with van der Waals surface area (Å²) in [6.45, 7) is 2.12. The van der Waals surface area contributed by atoms with E-state index in [1.807, 2.05) is 0 Å². The van der Waals surface area contributed by atoms with Gasteiger partial charge in [-0.2, -0.15) is 0 Å². The van der Waals surface area contributed by atoms with Gasteiger partial charge in [-0.1, -0.05) is 67.7 Å². The topological polar surface area (TPSA) is 43.4 Å². The molecule has 0 unspecified atom stereocenters. The Morgan fingerprint density at radius 1 is 1.00 bits per heavy atom. The van der Waals surface area contributed by atoms with Gasteiger partial charge in [-0.3, -0.25) is 9.59 Å². The molecule has 1 aliphatic rings. The molecule has 0 saturated heterocycles. The van der Waals surface area contributed by atoms with E-state index in [9.17, 15) is 9.59 Å².